The molecule has 1 aromatic carbocycles. The van der Waals surface area contributed by atoms with E-state index < -0.39 is 11.9 Å². The number of hydrogen-bond acceptors (Lipinski definition) is 5. The molecule has 7 nitrogen and oxygen atoms in total. The number of imidazole rings is 1. The highest BCUT2D eigenvalue weighted by Gasteiger charge is 2.17. The topological polar surface area (TPSA) is 85.8 Å². The predicted molar refractivity (Wildman–Crippen MR) is 97.4 cm³/mol. The number of nitrogens with zero attached hydrogens (tertiary/aromatic N) is 2. The van der Waals surface area contributed by atoms with Crippen LogP contribution in [0.4, 0.5) is 5.69 Å². The van der Waals surface area contributed by atoms with Gasteiger partial charge in [-0.2, -0.15) is 0 Å². The SMILES string of the molecule is O=C(Nc1ccccc1C(=O)OCc1cn2ccccc2n1)c1ccco1. The molecule has 0 aliphatic rings. The lowest BCUT2D eigenvalue weighted by Crippen LogP contribution is -2.15. The number of nitrogens with one attached hydrogen (secondary N) is 1. The molecule has 0 aliphatic heterocycles. The Morgan fingerprint density at radius 2 is 1.93 bits per heavy atom. The molecule has 0 saturated heterocycles. The summed E-state index contributed by atoms with van der Waals surface area (Å²) in [7, 11) is 0. The lowest BCUT2D eigenvalue weighted by molar-refractivity contribution is 0.0469. The van der Waals surface area contributed by atoms with E-state index in [0.29, 0.717) is 11.4 Å². The Morgan fingerprint density at radius 3 is 2.74 bits per heavy atom. The first kappa shape index (κ1) is 16.6. The van der Waals surface area contributed by atoms with E-state index in [9.17, 15) is 9.59 Å². The van der Waals surface area contributed by atoms with Crippen molar-refractivity contribution < 1.29 is 18.7 Å². The molecule has 0 unspecified atom stereocenters. The Balaban J connectivity index is 1.47. The summed E-state index contributed by atoms with van der Waals surface area (Å²) in [6.07, 6.45) is 5.07. The number of fused-ring (bicyclic) bond motifs is 1. The summed E-state index contributed by atoms with van der Waals surface area (Å²) in [5, 5.41) is 2.66. The molecule has 0 spiro atoms. The first-order chi connectivity index (χ1) is 13.2. The van der Waals surface area contributed by atoms with Crippen molar-refractivity contribution in [2.45, 2.75) is 6.61 Å². The van der Waals surface area contributed by atoms with Crippen LogP contribution in [0.1, 0.15) is 26.6 Å². The number of carbonyl (C=O) groups is 2. The van der Waals surface area contributed by atoms with Crippen LogP contribution in [-0.2, 0) is 11.3 Å². The summed E-state index contributed by atoms with van der Waals surface area (Å²) in [4.78, 5) is 29.0. The number of carbonyl (C=O) groups excluding carboxylic acids is 2. The van der Waals surface area contributed by atoms with Gasteiger partial charge < -0.3 is 18.9 Å². The lowest BCUT2D eigenvalue weighted by Gasteiger charge is -2.09. The molecule has 0 saturated carbocycles. The van der Waals surface area contributed by atoms with Crippen molar-refractivity contribution in [1.29, 1.82) is 0 Å². The summed E-state index contributed by atoms with van der Waals surface area (Å²) in [6, 6.07) is 15.4. The molecule has 134 valence electrons. The normalized spacial score (nSPS) is 10.7. The molecular formula is C20H15N3O4. The molecule has 1 amide bonds. The van der Waals surface area contributed by atoms with Crippen LogP contribution in [0, 0.1) is 0 Å². The second-order valence-corrected chi connectivity index (χ2v) is 5.75. The second-order valence-electron chi connectivity index (χ2n) is 5.75. The van der Waals surface area contributed by atoms with Gasteiger partial charge in [0.25, 0.3) is 5.91 Å². The predicted octanol–water partition coefficient (Wildman–Crippen LogP) is 3.54. The number of pyridine rings is 1. The number of amides is 1. The number of furan rings is 1. The van der Waals surface area contributed by atoms with Crippen LogP contribution in [0.5, 0.6) is 0 Å². The van der Waals surface area contributed by atoms with Crippen LogP contribution >= 0.6 is 0 Å². The molecule has 0 bridgehead atoms. The van der Waals surface area contributed by atoms with Crippen LogP contribution in [0.15, 0.2) is 77.7 Å². The fraction of sp³-hybridized carbons (Fsp3) is 0.0500. The minimum atomic E-state index is -0.553. The van der Waals surface area contributed by atoms with Gasteiger partial charge in [0.2, 0.25) is 0 Å². The standard InChI is InChI=1S/C20H15N3O4/c24-19(17-8-5-11-26-17)22-16-7-2-1-6-15(16)20(25)27-13-14-12-23-10-4-3-9-18(23)21-14/h1-12H,13H2,(H,22,24). The maximum Gasteiger partial charge on any atom is 0.340 e. The quantitative estimate of drug-likeness (QED) is 0.550. The van der Waals surface area contributed by atoms with E-state index in [-0.39, 0.29) is 17.9 Å². The van der Waals surface area contributed by atoms with Crippen LogP contribution in [0.3, 0.4) is 0 Å². The average Bonchev–Trinajstić information content (AvgIpc) is 3.36. The van der Waals surface area contributed by atoms with E-state index in [1.165, 1.54) is 6.26 Å². The molecule has 0 aliphatic carbocycles. The average molecular weight is 361 g/mol. The third kappa shape index (κ3) is 3.57. The van der Waals surface area contributed by atoms with Crippen LogP contribution < -0.4 is 5.32 Å². The largest absolute Gasteiger partial charge is 0.459 e. The summed E-state index contributed by atoms with van der Waals surface area (Å²) in [5.74, 6) is -0.842. The monoisotopic (exact) mass is 361 g/mol. The Kier molecular flexibility index (Phi) is 4.40. The van der Waals surface area contributed by atoms with Gasteiger partial charge in [0.15, 0.2) is 5.76 Å². The Hall–Kier alpha value is -3.87. The van der Waals surface area contributed by atoms with E-state index in [0.717, 1.165) is 5.65 Å². The van der Waals surface area contributed by atoms with Gasteiger partial charge >= 0.3 is 5.97 Å². The van der Waals surface area contributed by atoms with Crippen molar-refractivity contribution >= 4 is 23.2 Å². The Labute approximate surface area is 154 Å². The van der Waals surface area contributed by atoms with Gasteiger partial charge in [-0.3, -0.25) is 4.79 Å². The molecule has 3 aromatic heterocycles. The van der Waals surface area contributed by atoms with E-state index in [1.54, 1.807) is 42.6 Å². The Morgan fingerprint density at radius 1 is 1.07 bits per heavy atom. The summed E-state index contributed by atoms with van der Waals surface area (Å²) < 4.78 is 12.3. The molecule has 27 heavy (non-hydrogen) atoms. The van der Waals surface area contributed by atoms with Crippen molar-refractivity contribution in [1.82, 2.24) is 9.38 Å². The smallest absolute Gasteiger partial charge is 0.340 e. The molecule has 0 atom stereocenters. The minimum Gasteiger partial charge on any atom is -0.459 e. The first-order valence-electron chi connectivity index (χ1n) is 8.24. The van der Waals surface area contributed by atoms with Gasteiger partial charge in [0.1, 0.15) is 12.3 Å². The van der Waals surface area contributed by atoms with Gasteiger partial charge in [-0.15, -0.1) is 0 Å². The Bertz CT molecular complexity index is 1070. The van der Waals surface area contributed by atoms with Crippen molar-refractivity contribution in [3.05, 3.63) is 90.3 Å². The number of rotatable bonds is 5. The van der Waals surface area contributed by atoms with E-state index in [1.807, 2.05) is 28.8 Å². The minimum absolute atomic E-state index is 0.0287. The maximum absolute atomic E-state index is 12.5. The number of benzene rings is 1. The molecule has 0 radical (unpaired) electrons. The second kappa shape index (κ2) is 7.17. The third-order valence-corrected chi connectivity index (χ3v) is 3.91. The zero-order valence-corrected chi connectivity index (χ0v) is 14.2. The van der Waals surface area contributed by atoms with Crippen LogP contribution in [0.2, 0.25) is 0 Å². The zero-order chi connectivity index (χ0) is 18.6. The molecule has 0 fully saturated rings. The van der Waals surface area contributed by atoms with Crippen LogP contribution in [-0.4, -0.2) is 21.3 Å². The summed E-state index contributed by atoms with van der Waals surface area (Å²) >= 11 is 0. The molecular weight excluding hydrogens is 346 g/mol. The van der Waals surface area contributed by atoms with Gasteiger partial charge in [0, 0.05) is 12.4 Å². The van der Waals surface area contributed by atoms with E-state index >= 15 is 0 Å². The van der Waals surface area contributed by atoms with E-state index in [4.69, 9.17) is 9.15 Å². The number of ether oxygens (including phenoxy) is 1. The molecule has 4 aromatic rings. The molecule has 4 rings (SSSR count). The first-order valence-corrected chi connectivity index (χ1v) is 8.24. The highest BCUT2D eigenvalue weighted by atomic mass is 16.5. The molecule has 7 heteroatoms. The lowest BCUT2D eigenvalue weighted by atomic mass is 10.1. The van der Waals surface area contributed by atoms with Gasteiger partial charge in [0.05, 0.1) is 23.2 Å². The van der Waals surface area contributed by atoms with Gasteiger partial charge in [-0.25, -0.2) is 9.78 Å². The molecule has 1 N–H and O–H groups in total. The highest BCUT2D eigenvalue weighted by Crippen LogP contribution is 2.18. The number of hydrogen-bond donors (Lipinski definition) is 1. The van der Waals surface area contributed by atoms with Gasteiger partial charge in [-0.1, -0.05) is 18.2 Å². The highest BCUT2D eigenvalue weighted by molar-refractivity contribution is 6.06. The number of para-hydroxylation sites is 1. The van der Waals surface area contributed by atoms with Crippen LogP contribution in [0.25, 0.3) is 5.65 Å². The fourth-order valence-electron chi connectivity index (χ4n) is 2.64. The maximum atomic E-state index is 12.5. The summed E-state index contributed by atoms with van der Waals surface area (Å²) in [6.45, 7) is 0.0287. The van der Waals surface area contributed by atoms with Crippen molar-refractivity contribution in [3.63, 3.8) is 0 Å². The van der Waals surface area contributed by atoms with E-state index in [2.05, 4.69) is 10.3 Å². The number of aromatic nitrogens is 2. The summed E-state index contributed by atoms with van der Waals surface area (Å²) in [5.41, 5.74) is 2.00. The fourth-order valence-corrected chi connectivity index (χ4v) is 2.64. The number of esters is 1. The third-order valence-electron chi connectivity index (χ3n) is 3.91. The number of anilines is 1. The van der Waals surface area contributed by atoms with Crippen molar-refractivity contribution in [2.24, 2.45) is 0 Å². The zero-order valence-electron chi connectivity index (χ0n) is 14.2. The van der Waals surface area contributed by atoms with Gasteiger partial charge in [-0.05, 0) is 36.4 Å². The van der Waals surface area contributed by atoms with Crippen molar-refractivity contribution in [2.75, 3.05) is 5.32 Å². The van der Waals surface area contributed by atoms with Crippen molar-refractivity contribution in [3.8, 4) is 0 Å². The molecule has 3 heterocycles.